The highest BCUT2D eigenvalue weighted by atomic mass is 16.6. The van der Waals surface area contributed by atoms with Crippen LogP contribution in [0.4, 0.5) is 5.69 Å². The van der Waals surface area contributed by atoms with E-state index in [2.05, 4.69) is 19.2 Å². The zero-order valence-electron chi connectivity index (χ0n) is 17.2. The predicted octanol–water partition coefficient (Wildman–Crippen LogP) is 4.14. The summed E-state index contributed by atoms with van der Waals surface area (Å²) in [6.07, 6.45) is 0. The number of hydrogen-bond donors (Lipinski definition) is 1. The maximum Gasteiger partial charge on any atom is 0.270 e. The molecule has 0 aliphatic rings. The van der Waals surface area contributed by atoms with Gasteiger partial charge in [0.15, 0.2) is 11.5 Å². The van der Waals surface area contributed by atoms with E-state index in [9.17, 15) is 14.9 Å². The third-order valence-corrected chi connectivity index (χ3v) is 4.25. The Morgan fingerprint density at radius 3 is 2.28 bits per heavy atom. The molecule has 1 amide bonds. The molecule has 0 bridgehead atoms. The fraction of sp³-hybridized carbons (Fsp3) is 0.381. The molecule has 1 N–H and O–H groups in total. The molecule has 0 aliphatic carbocycles. The Hall–Kier alpha value is -3.29. The van der Waals surface area contributed by atoms with Gasteiger partial charge in [-0.05, 0) is 36.6 Å². The first kappa shape index (κ1) is 22.0. The zero-order chi connectivity index (χ0) is 21.6. The van der Waals surface area contributed by atoms with Gasteiger partial charge in [-0.2, -0.15) is 0 Å². The summed E-state index contributed by atoms with van der Waals surface area (Å²) in [6, 6.07) is 8.96. The van der Waals surface area contributed by atoms with Crippen LogP contribution in [0.5, 0.6) is 17.2 Å². The van der Waals surface area contributed by atoms with Crippen LogP contribution in [0.25, 0.3) is 0 Å². The number of carbonyl (C=O) groups excluding carboxylic acids is 1. The molecule has 0 aliphatic heterocycles. The Morgan fingerprint density at radius 2 is 1.69 bits per heavy atom. The monoisotopic (exact) mass is 402 g/mol. The van der Waals surface area contributed by atoms with Crippen LogP contribution in [0.3, 0.4) is 0 Å². The van der Waals surface area contributed by atoms with Crippen LogP contribution in [0.15, 0.2) is 36.4 Å². The molecule has 0 saturated heterocycles. The molecule has 8 nitrogen and oxygen atoms in total. The Morgan fingerprint density at radius 1 is 1.03 bits per heavy atom. The summed E-state index contributed by atoms with van der Waals surface area (Å²) in [4.78, 5) is 23.2. The van der Waals surface area contributed by atoms with Gasteiger partial charge in [-0.3, -0.25) is 14.9 Å². The van der Waals surface area contributed by atoms with Gasteiger partial charge in [-0.25, -0.2) is 0 Å². The van der Waals surface area contributed by atoms with Crippen molar-refractivity contribution >= 4 is 11.6 Å². The summed E-state index contributed by atoms with van der Waals surface area (Å²) in [5, 5.41) is 13.9. The Kier molecular flexibility index (Phi) is 7.41. The maximum absolute atomic E-state index is 12.7. The van der Waals surface area contributed by atoms with Crippen molar-refractivity contribution in [1.29, 1.82) is 0 Å². The predicted molar refractivity (Wildman–Crippen MR) is 109 cm³/mol. The van der Waals surface area contributed by atoms with E-state index in [1.165, 1.54) is 25.3 Å². The van der Waals surface area contributed by atoms with E-state index >= 15 is 0 Å². The van der Waals surface area contributed by atoms with E-state index in [4.69, 9.17) is 14.2 Å². The van der Waals surface area contributed by atoms with Gasteiger partial charge in [0.25, 0.3) is 11.6 Å². The number of amides is 1. The highest BCUT2D eigenvalue weighted by Crippen LogP contribution is 2.31. The van der Waals surface area contributed by atoms with Crippen molar-refractivity contribution < 1.29 is 23.9 Å². The Labute approximate surface area is 169 Å². The SMILES string of the molecule is COc1cc(C(C)NC(=O)c2cc([N+](=O)[O-])ccc2OC)ccc1OCC(C)C. The number of nitro benzene ring substituents is 1. The van der Waals surface area contributed by atoms with E-state index in [1.54, 1.807) is 19.2 Å². The number of carbonyl (C=O) groups is 1. The lowest BCUT2D eigenvalue weighted by atomic mass is 10.1. The lowest BCUT2D eigenvalue weighted by Crippen LogP contribution is -2.27. The first-order valence-corrected chi connectivity index (χ1v) is 9.20. The molecule has 1 unspecified atom stereocenters. The number of non-ortho nitro benzene ring substituents is 1. The molecule has 0 radical (unpaired) electrons. The summed E-state index contributed by atoms with van der Waals surface area (Å²) in [6.45, 7) is 6.49. The maximum atomic E-state index is 12.7. The molecular weight excluding hydrogens is 376 g/mol. The second-order valence-electron chi connectivity index (χ2n) is 6.95. The smallest absolute Gasteiger partial charge is 0.270 e. The lowest BCUT2D eigenvalue weighted by Gasteiger charge is -2.18. The van der Waals surface area contributed by atoms with E-state index in [0.717, 1.165) is 5.56 Å². The van der Waals surface area contributed by atoms with Crippen molar-refractivity contribution in [3.05, 3.63) is 57.6 Å². The van der Waals surface area contributed by atoms with Crippen LogP contribution in [-0.2, 0) is 0 Å². The first-order chi connectivity index (χ1) is 13.8. The van der Waals surface area contributed by atoms with E-state index < -0.39 is 10.8 Å². The second-order valence-corrected chi connectivity index (χ2v) is 6.95. The average Bonchev–Trinajstić information content (AvgIpc) is 2.71. The fourth-order valence-electron chi connectivity index (χ4n) is 2.67. The Bertz CT molecular complexity index is 881. The molecule has 0 saturated carbocycles. The molecular formula is C21H26N2O6. The summed E-state index contributed by atoms with van der Waals surface area (Å²) in [5.74, 6) is 1.36. The fourth-order valence-corrected chi connectivity index (χ4v) is 2.67. The summed E-state index contributed by atoms with van der Waals surface area (Å²) >= 11 is 0. The number of benzene rings is 2. The standard InChI is InChI=1S/C21H26N2O6/c1-13(2)12-29-19-8-6-15(10-20(19)28-5)14(3)22-21(24)17-11-16(23(25)26)7-9-18(17)27-4/h6-11,13-14H,12H2,1-5H3,(H,22,24). The van der Waals surface area contributed by atoms with Crippen molar-refractivity contribution in [1.82, 2.24) is 5.32 Å². The highest BCUT2D eigenvalue weighted by molar-refractivity contribution is 5.97. The van der Waals surface area contributed by atoms with Gasteiger partial charge >= 0.3 is 0 Å². The molecule has 1 atom stereocenters. The van der Waals surface area contributed by atoms with Gasteiger partial charge in [0, 0.05) is 12.1 Å². The molecule has 0 fully saturated rings. The Balaban J connectivity index is 2.21. The van der Waals surface area contributed by atoms with Crippen molar-refractivity contribution in [3.8, 4) is 17.2 Å². The van der Waals surface area contributed by atoms with E-state index in [1.807, 2.05) is 13.0 Å². The first-order valence-electron chi connectivity index (χ1n) is 9.20. The number of nitrogens with one attached hydrogen (secondary N) is 1. The van der Waals surface area contributed by atoms with Crippen LogP contribution in [0, 0.1) is 16.0 Å². The zero-order valence-corrected chi connectivity index (χ0v) is 17.2. The summed E-state index contributed by atoms with van der Waals surface area (Å²) in [5.41, 5.74) is 0.714. The molecule has 2 aromatic carbocycles. The molecule has 2 rings (SSSR count). The van der Waals surface area contributed by atoms with Gasteiger partial charge < -0.3 is 19.5 Å². The van der Waals surface area contributed by atoms with Gasteiger partial charge in [0.2, 0.25) is 0 Å². The van der Waals surface area contributed by atoms with Crippen LogP contribution < -0.4 is 19.5 Å². The highest BCUT2D eigenvalue weighted by Gasteiger charge is 2.20. The van der Waals surface area contributed by atoms with Gasteiger partial charge in [0.1, 0.15) is 5.75 Å². The third kappa shape index (κ3) is 5.60. The van der Waals surface area contributed by atoms with Crippen LogP contribution in [0.2, 0.25) is 0 Å². The molecule has 2 aromatic rings. The molecule has 0 aromatic heterocycles. The minimum atomic E-state index is -0.555. The molecule has 0 heterocycles. The molecule has 29 heavy (non-hydrogen) atoms. The van der Waals surface area contributed by atoms with E-state index in [0.29, 0.717) is 24.0 Å². The third-order valence-electron chi connectivity index (χ3n) is 4.25. The van der Waals surface area contributed by atoms with Crippen molar-refractivity contribution in [2.75, 3.05) is 20.8 Å². The van der Waals surface area contributed by atoms with Gasteiger partial charge in [0.05, 0.1) is 37.4 Å². The second kappa shape index (κ2) is 9.77. The van der Waals surface area contributed by atoms with Crippen LogP contribution in [-0.4, -0.2) is 31.7 Å². The van der Waals surface area contributed by atoms with Crippen LogP contribution in [0.1, 0.15) is 42.7 Å². The van der Waals surface area contributed by atoms with Gasteiger partial charge in [-0.15, -0.1) is 0 Å². The number of methoxy groups -OCH3 is 2. The van der Waals surface area contributed by atoms with Crippen LogP contribution >= 0.6 is 0 Å². The minimum Gasteiger partial charge on any atom is -0.496 e. The minimum absolute atomic E-state index is 0.0948. The molecule has 0 spiro atoms. The topological polar surface area (TPSA) is 99.9 Å². The number of hydrogen-bond acceptors (Lipinski definition) is 6. The average molecular weight is 402 g/mol. The van der Waals surface area contributed by atoms with Gasteiger partial charge in [-0.1, -0.05) is 19.9 Å². The van der Waals surface area contributed by atoms with Crippen molar-refractivity contribution in [2.24, 2.45) is 5.92 Å². The number of nitro groups is 1. The number of ether oxygens (including phenoxy) is 3. The summed E-state index contributed by atoms with van der Waals surface area (Å²) < 4.78 is 16.3. The molecule has 156 valence electrons. The lowest BCUT2D eigenvalue weighted by molar-refractivity contribution is -0.384. The van der Waals surface area contributed by atoms with Crippen molar-refractivity contribution in [2.45, 2.75) is 26.8 Å². The van der Waals surface area contributed by atoms with E-state index in [-0.39, 0.29) is 23.0 Å². The number of rotatable bonds is 9. The normalized spacial score (nSPS) is 11.7. The largest absolute Gasteiger partial charge is 0.496 e. The quantitative estimate of drug-likeness (QED) is 0.500. The number of nitrogens with zero attached hydrogens (tertiary/aromatic N) is 1. The summed E-state index contributed by atoms with van der Waals surface area (Å²) in [7, 11) is 2.96. The van der Waals surface area contributed by atoms with Crippen molar-refractivity contribution in [3.63, 3.8) is 0 Å². The molecule has 8 heteroatoms.